The minimum atomic E-state index is -1.28. The summed E-state index contributed by atoms with van der Waals surface area (Å²) in [5.74, 6) is -1.28. The molecule has 20 heavy (non-hydrogen) atoms. The molecule has 2 atom stereocenters. The van der Waals surface area contributed by atoms with Crippen molar-refractivity contribution >= 4 is 12.1 Å². The van der Waals surface area contributed by atoms with Gasteiger partial charge in [0, 0.05) is 0 Å². The molecule has 5 heteroatoms. The number of fused-ring (bicyclic) bond motifs is 3. The molecule has 0 bridgehead atoms. The molecule has 1 fully saturated rings. The Kier molecular flexibility index (Phi) is 2.58. The first-order chi connectivity index (χ1) is 9.38. The molecule has 1 saturated heterocycles. The first-order valence-electron chi connectivity index (χ1n) is 6.67. The first-order valence-corrected chi connectivity index (χ1v) is 6.67. The highest BCUT2D eigenvalue weighted by Crippen LogP contribution is 2.52. The Morgan fingerprint density at radius 1 is 1.40 bits per heavy atom. The van der Waals surface area contributed by atoms with E-state index in [9.17, 15) is 14.7 Å². The Morgan fingerprint density at radius 2 is 2.10 bits per heavy atom. The number of aliphatic carboxylic acids is 1. The summed E-state index contributed by atoms with van der Waals surface area (Å²) in [6.45, 7) is 3.29. The van der Waals surface area contributed by atoms with Crippen LogP contribution < -0.4 is 5.11 Å². The maximum atomic E-state index is 12.1. The zero-order valence-electron chi connectivity index (χ0n) is 11.5. The van der Waals surface area contributed by atoms with Crippen molar-refractivity contribution in [2.75, 3.05) is 6.54 Å². The summed E-state index contributed by atoms with van der Waals surface area (Å²) in [7, 11) is 0. The molecule has 0 radical (unpaired) electrons. The average Bonchev–Trinajstić information content (AvgIpc) is 2.59. The van der Waals surface area contributed by atoms with E-state index in [0.29, 0.717) is 6.42 Å². The fraction of sp³-hybridized carbons (Fsp3) is 0.467. The normalized spacial score (nSPS) is 31.5. The van der Waals surface area contributed by atoms with Crippen LogP contribution in [0.25, 0.3) is 0 Å². The van der Waals surface area contributed by atoms with Crippen LogP contribution in [0.2, 0.25) is 0 Å². The first kappa shape index (κ1) is 13.0. The number of hydrogen-bond acceptors (Lipinski definition) is 4. The third-order valence-electron chi connectivity index (χ3n) is 4.80. The van der Waals surface area contributed by atoms with E-state index in [1.807, 2.05) is 38.1 Å². The van der Waals surface area contributed by atoms with Gasteiger partial charge in [-0.2, -0.15) is 0 Å². The second-order valence-corrected chi connectivity index (χ2v) is 5.79. The summed E-state index contributed by atoms with van der Waals surface area (Å²) in [6.07, 6.45) is 0.903. The fourth-order valence-electron chi connectivity index (χ4n) is 3.48. The zero-order valence-corrected chi connectivity index (χ0v) is 11.5. The molecule has 0 aromatic heterocycles. The zero-order chi connectivity index (χ0) is 14.5. The predicted molar refractivity (Wildman–Crippen MR) is 68.7 cm³/mol. The topological polar surface area (TPSA) is 69.7 Å². The largest absolute Gasteiger partial charge is 0.548 e. The van der Waals surface area contributed by atoms with Crippen LogP contribution in [0, 0.1) is 0 Å². The SMILES string of the molecule is C[C@@]12CCc3ccccc3[C@@]1(C)N(CC(=O)[O-])C(=O)O2. The van der Waals surface area contributed by atoms with E-state index in [-0.39, 0.29) is 0 Å². The quantitative estimate of drug-likeness (QED) is 0.800. The van der Waals surface area contributed by atoms with Crippen molar-refractivity contribution in [3.05, 3.63) is 35.4 Å². The monoisotopic (exact) mass is 274 g/mol. The molecule has 1 aromatic carbocycles. The summed E-state index contributed by atoms with van der Waals surface area (Å²) in [5.41, 5.74) is 0.599. The maximum Gasteiger partial charge on any atom is 0.411 e. The highest BCUT2D eigenvalue weighted by molar-refractivity contribution is 5.79. The van der Waals surface area contributed by atoms with Crippen molar-refractivity contribution in [2.45, 2.75) is 37.8 Å². The van der Waals surface area contributed by atoms with Gasteiger partial charge in [-0.1, -0.05) is 24.3 Å². The van der Waals surface area contributed by atoms with Crippen molar-refractivity contribution in [3.63, 3.8) is 0 Å². The number of aryl methyl sites for hydroxylation is 1. The number of carbonyl (C=O) groups is 2. The van der Waals surface area contributed by atoms with E-state index in [2.05, 4.69) is 0 Å². The molecule has 1 amide bonds. The molecule has 5 nitrogen and oxygen atoms in total. The highest BCUT2D eigenvalue weighted by atomic mass is 16.6. The van der Waals surface area contributed by atoms with E-state index in [0.717, 1.165) is 17.5 Å². The van der Waals surface area contributed by atoms with Crippen LogP contribution in [-0.2, 0) is 21.5 Å². The second-order valence-electron chi connectivity index (χ2n) is 5.79. The van der Waals surface area contributed by atoms with Gasteiger partial charge in [0.05, 0.1) is 12.5 Å². The average molecular weight is 274 g/mol. The van der Waals surface area contributed by atoms with Crippen molar-refractivity contribution in [1.29, 1.82) is 0 Å². The van der Waals surface area contributed by atoms with Crippen molar-refractivity contribution in [3.8, 4) is 0 Å². The number of carbonyl (C=O) groups excluding carboxylic acids is 2. The summed E-state index contributed by atoms with van der Waals surface area (Å²) in [6, 6.07) is 7.80. The standard InChI is InChI=1S/C15H17NO4/c1-14-8-7-10-5-3-4-6-11(10)15(14,2)16(9-12(17)18)13(19)20-14/h3-6H,7-9H2,1-2H3,(H,17,18)/p-1/t14-,15-/m1/s1. The third-order valence-corrected chi connectivity index (χ3v) is 4.80. The minimum Gasteiger partial charge on any atom is -0.548 e. The molecule has 1 aliphatic carbocycles. The lowest BCUT2D eigenvalue weighted by Gasteiger charge is -2.46. The van der Waals surface area contributed by atoms with Crippen LogP contribution in [0.15, 0.2) is 24.3 Å². The Bertz CT molecular complexity index is 599. The Balaban J connectivity index is 2.18. The van der Waals surface area contributed by atoms with Gasteiger partial charge in [-0.05, 0) is 37.8 Å². The number of rotatable bonds is 2. The molecule has 0 saturated carbocycles. The van der Waals surface area contributed by atoms with Crippen LogP contribution in [0.5, 0.6) is 0 Å². The highest BCUT2D eigenvalue weighted by Gasteiger charge is 2.62. The van der Waals surface area contributed by atoms with Gasteiger partial charge in [0.15, 0.2) is 0 Å². The summed E-state index contributed by atoms with van der Waals surface area (Å²) >= 11 is 0. The maximum absolute atomic E-state index is 12.1. The molecule has 0 N–H and O–H groups in total. The van der Waals surface area contributed by atoms with E-state index in [1.54, 1.807) is 0 Å². The fourth-order valence-corrected chi connectivity index (χ4v) is 3.48. The second kappa shape index (κ2) is 3.98. The molecule has 0 unspecified atom stereocenters. The van der Waals surface area contributed by atoms with Gasteiger partial charge in [-0.3, -0.25) is 4.90 Å². The van der Waals surface area contributed by atoms with Crippen LogP contribution in [0.1, 0.15) is 31.4 Å². The molecule has 3 rings (SSSR count). The van der Waals surface area contributed by atoms with Crippen LogP contribution >= 0.6 is 0 Å². The van der Waals surface area contributed by atoms with Crippen LogP contribution in [0.3, 0.4) is 0 Å². The lowest BCUT2D eigenvalue weighted by atomic mass is 9.67. The summed E-state index contributed by atoms with van der Waals surface area (Å²) in [5, 5.41) is 11.0. The Labute approximate surface area is 117 Å². The number of carboxylic acid groups (broad SMARTS) is 1. The third kappa shape index (κ3) is 1.49. The van der Waals surface area contributed by atoms with Crippen LogP contribution in [0.4, 0.5) is 4.79 Å². The predicted octanol–water partition coefficient (Wildman–Crippen LogP) is 0.809. The molecule has 106 valence electrons. The number of ether oxygens (including phenoxy) is 1. The molecule has 1 aromatic rings. The molecule has 2 aliphatic rings. The van der Waals surface area contributed by atoms with Crippen molar-refractivity contribution in [2.24, 2.45) is 0 Å². The molecule has 0 spiro atoms. The smallest absolute Gasteiger partial charge is 0.411 e. The molecule has 1 heterocycles. The lowest BCUT2D eigenvalue weighted by Crippen LogP contribution is -2.57. The van der Waals surface area contributed by atoms with Crippen molar-refractivity contribution in [1.82, 2.24) is 4.90 Å². The summed E-state index contributed by atoms with van der Waals surface area (Å²) < 4.78 is 5.52. The van der Waals surface area contributed by atoms with Gasteiger partial charge >= 0.3 is 6.09 Å². The number of nitrogens with zero attached hydrogens (tertiary/aromatic N) is 1. The number of hydrogen-bond donors (Lipinski definition) is 0. The number of amides is 1. The van der Waals surface area contributed by atoms with Gasteiger partial charge in [0.1, 0.15) is 11.1 Å². The van der Waals surface area contributed by atoms with E-state index in [4.69, 9.17) is 4.74 Å². The van der Waals surface area contributed by atoms with Crippen LogP contribution in [-0.4, -0.2) is 29.1 Å². The Hall–Kier alpha value is -2.04. The lowest BCUT2D eigenvalue weighted by molar-refractivity contribution is -0.306. The molecule has 1 aliphatic heterocycles. The van der Waals surface area contributed by atoms with Gasteiger partial charge < -0.3 is 14.6 Å². The van der Waals surface area contributed by atoms with Gasteiger partial charge in [-0.25, -0.2) is 4.79 Å². The Morgan fingerprint density at radius 3 is 2.80 bits per heavy atom. The van der Waals surface area contributed by atoms with Gasteiger partial charge in [0.25, 0.3) is 0 Å². The van der Waals surface area contributed by atoms with Gasteiger partial charge in [0.2, 0.25) is 0 Å². The van der Waals surface area contributed by atoms with Crippen molar-refractivity contribution < 1.29 is 19.4 Å². The molecular formula is C15H16NO4-. The summed E-state index contributed by atoms with van der Waals surface area (Å²) in [4.78, 5) is 24.4. The number of carboxylic acids is 1. The van der Waals surface area contributed by atoms with Gasteiger partial charge in [-0.15, -0.1) is 0 Å². The van der Waals surface area contributed by atoms with E-state index >= 15 is 0 Å². The number of benzene rings is 1. The molecular weight excluding hydrogens is 258 g/mol. The minimum absolute atomic E-state index is 0.459. The van der Waals surface area contributed by atoms with E-state index < -0.39 is 29.7 Å². The van der Waals surface area contributed by atoms with E-state index in [1.165, 1.54) is 4.90 Å².